The molecular formula is C9H19N3O3. The number of carbonyl (C=O) groups excluding carboxylic acids is 1. The zero-order chi connectivity index (χ0) is 10.9. The quantitative estimate of drug-likeness (QED) is 0.613. The molecule has 1 fully saturated rings. The second-order valence-corrected chi connectivity index (χ2v) is 3.24. The van der Waals surface area contributed by atoms with Crippen molar-refractivity contribution < 1.29 is 14.4 Å². The second kappa shape index (κ2) is 7.44. The number of hydrogen-bond donors (Lipinski definition) is 2. The van der Waals surface area contributed by atoms with E-state index in [9.17, 15) is 4.79 Å². The van der Waals surface area contributed by atoms with Gasteiger partial charge >= 0.3 is 6.03 Å². The monoisotopic (exact) mass is 217 g/mol. The standard InChI is InChI=1S/C9H19N3O3/c1-2-15-11-9(13)10-3-4-12-5-7-14-8-6-12/h2-8H2,1H3,(H2,10,11,13). The topological polar surface area (TPSA) is 62.8 Å². The van der Waals surface area contributed by atoms with Gasteiger partial charge in [0.1, 0.15) is 0 Å². The summed E-state index contributed by atoms with van der Waals surface area (Å²) in [5.74, 6) is 0. The molecule has 0 atom stereocenters. The minimum atomic E-state index is -0.287. The Morgan fingerprint density at radius 1 is 1.47 bits per heavy atom. The van der Waals surface area contributed by atoms with Crippen molar-refractivity contribution in [3.8, 4) is 0 Å². The fourth-order valence-corrected chi connectivity index (χ4v) is 1.33. The smallest absolute Gasteiger partial charge is 0.338 e. The average molecular weight is 217 g/mol. The van der Waals surface area contributed by atoms with Crippen LogP contribution >= 0.6 is 0 Å². The lowest BCUT2D eigenvalue weighted by Crippen LogP contribution is -2.43. The summed E-state index contributed by atoms with van der Waals surface area (Å²) < 4.78 is 5.22. The zero-order valence-electron chi connectivity index (χ0n) is 9.12. The van der Waals surface area contributed by atoms with Crippen molar-refractivity contribution in [2.75, 3.05) is 46.0 Å². The van der Waals surface area contributed by atoms with Crippen molar-refractivity contribution in [3.63, 3.8) is 0 Å². The molecule has 0 saturated carbocycles. The average Bonchev–Trinajstić information content (AvgIpc) is 2.28. The van der Waals surface area contributed by atoms with E-state index in [1.165, 1.54) is 0 Å². The third-order valence-corrected chi connectivity index (χ3v) is 2.13. The van der Waals surface area contributed by atoms with Crippen LogP contribution in [0.1, 0.15) is 6.92 Å². The van der Waals surface area contributed by atoms with E-state index in [1.54, 1.807) is 0 Å². The Bertz CT molecular complexity index is 183. The van der Waals surface area contributed by atoms with Gasteiger partial charge in [-0.25, -0.2) is 10.3 Å². The van der Waals surface area contributed by atoms with Gasteiger partial charge in [0.2, 0.25) is 0 Å². The summed E-state index contributed by atoms with van der Waals surface area (Å²) in [5.41, 5.74) is 2.28. The molecule has 0 bridgehead atoms. The van der Waals surface area contributed by atoms with E-state index < -0.39 is 0 Å². The Morgan fingerprint density at radius 3 is 2.87 bits per heavy atom. The van der Waals surface area contributed by atoms with Gasteiger partial charge in [-0.05, 0) is 6.92 Å². The molecule has 2 N–H and O–H groups in total. The van der Waals surface area contributed by atoms with Crippen molar-refractivity contribution in [2.45, 2.75) is 6.92 Å². The first-order valence-corrected chi connectivity index (χ1v) is 5.28. The van der Waals surface area contributed by atoms with Gasteiger partial charge in [0, 0.05) is 26.2 Å². The summed E-state index contributed by atoms with van der Waals surface area (Å²) in [5, 5.41) is 2.71. The number of amides is 2. The maximum atomic E-state index is 11.1. The molecule has 0 unspecified atom stereocenters. The number of urea groups is 1. The number of rotatable bonds is 5. The summed E-state index contributed by atoms with van der Waals surface area (Å²) in [6.07, 6.45) is 0. The molecule has 0 aromatic rings. The van der Waals surface area contributed by atoms with Crippen molar-refractivity contribution in [1.82, 2.24) is 15.7 Å². The highest BCUT2D eigenvalue weighted by Crippen LogP contribution is 1.94. The largest absolute Gasteiger partial charge is 0.379 e. The lowest BCUT2D eigenvalue weighted by molar-refractivity contribution is 0.0379. The predicted molar refractivity (Wildman–Crippen MR) is 55.4 cm³/mol. The van der Waals surface area contributed by atoms with Crippen LogP contribution in [0, 0.1) is 0 Å². The summed E-state index contributed by atoms with van der Waals surface area (Å²) in [6, 6.07) is -0.287. The molecule has 1 heterocycles. The van der Waals surface area contributed by atoms with Crippen LogP contribution in [-0.2, 0) is 9.57 Å². The predicted octanol–water partition coefficient (Wildman–Crippen LogP) is -0.431. The number of hydrogen-bond acceptors (Lipinski definition) is 4. The molecule has 15 heavy (non-hydrogen) atoms. The van der Waals surface area contributed by atoms with E-state index in [4.69, 9.17) is 9.57 Å². The maximum absolute atomic E-state index is 11.1. The number of carbonyl (C=O) groups is 1. The van der Waals surface area contributed by atoms with Crippen LogP contribution < -0.4 is 10.8 Å². The minimum Gasteiger partial charge on any atom is -0.379 e. The van der Waals surface area contributed by atoms with Crippen LogP contribution in [0.5, 0.6) is 0 Å². The lowest BCUT2D eigenvalue weighted by atomic mass is 10.4. The van der Waals surface area contributed by atoms with Crippen molar-refractivity contribution >= 4 is 6.03 Å². The minimum absolute atomic E-state index is 0.287. The van der Waals surface area contributed by atoms with Gasteiger partial charge in [-0.3, -0.25) is 9.74 Å². The van der Waals surface area contributed by atoms with E-state index in [0.717, 1.165) is 32.8 Å². The van der Waals surface area contributed by atoms with Crippen LogP contribution in [0.3, 0.4) is 0 Å². The Balaban J connectivity index is 1.97. The van der Waals surface area contributed by atoms with Gasteiger partial charge in [-0.1, -0.05) is 0 Å². The third-order valence-electron chi connectivity index (χ3n) is 2.13. The molecule has 0 spiro atoms. The second-order valence-electron chi connectivity index (χ2n) is 3.24. The van der Waals surface area contributed by atoms with Crippen LogP contribution in [0.25, 0.3) is 0 Å². The van der Waals surface area contributed by atoms with Gasteiger partial charge < -0.3 is 10.1 Å². The first-order chi connectivity index (χ1) is 7.33. The first kappa shape index (κ1) is 12.2. The molecule has 1 aliphatic rings. The van der Waals surface area contributed by atoms with Gasteiger partial charge in [0.05, 0.1) is 19.8 Å². The highest BCUT2D eigenvalue weighted by molar-refractivity contribution is 5.72. The van der Waals surface area contributed by atoms with Gasteiger partial charge in [-0.2, -0.15) is 0 Å². The van der Waals surface area contributed by atoms with Gasteiger partial charge in [0.15, 0.2) is 0 Å². The normalized spacial score (nSPS) is 17.4. The van der Waals surface area contributed by atoms with Crippen LogP contribution in [0.2, 0.25) is 0 Å². The summed E-state index contributed by atoms with van der Waals surface area (Å²) in [7, 11) is 0. The van der Waals surface area contributed by atoms with E-state index >= 15 is 0 Å². The SMILES string of the molecule is CCONC(=O)NCCN1CCOCC1. The first-order valence-electron chi connectivity index (χ1n) is 5.28. The van der Waals surface area contributed by atoms with E-state index in [-0.39, 0.29) is 6.03 Å². The molecule has 1 aliphatic heterocycles. The number of morpholine rings is 1. The molecule has 2 amide bonds. The fraction of sp³-hybridized carbons (Fsp3) is 0.889. The van der Waals surface area contributed by atoms with Gasteiger partial charge in [-0.15, -0.1) is 0 Å². The molecule has 6 nitrogen and oxygen atoms in total. The van der Waals surface area contributed by atoms with Crippen LogP contribution in [0.4, 0.5) is 4.79 Å². The van der Waals surface area contributed by atoms with Crippen molar-refractivity contribution in [1.29, 1.82) is 0 Å². The Morgan fingerprint density at radius 2 is 2.20 bits per heavy atom. The van der Waals surface area contributed by atoms with Crippen LogP contribution in [0.15, 0.2) is 0 Å². The highest BCUT2D eigenvalue weighted by Gasteiger charge is 2.09. The van der Waals surface area contributed by atoms with Crippen molar-refractivity contribution in [2.24, 2.45) is 0 Å². The van der Waals surface area contributed by atoms with Gasteiger partial charge in [0.25, 0.3) is 0 Å². The van der Waals surface area contributed by atoms with E-state index in [1.807, 2.05) is 6.92 Å². The number of nitrogens with zero attached hydrogens (tertiary/aromatic N) is 1. The highest BCUT2D eigenvalue weighted by atomic mass is 16.7. The fourth-order valence-electron chi connectivity index (χ4n) is 1.33. The number of nitrogens with one attached hydrogen (secondary N) is 2. The number of hydroxylamine groups is 1. The molecule has 0 aliphatic carbocycles. The molecule has 0 aromatic carbocycles. The Hall–Kier alpha value is -0.850. The Labute approximate surface area is 89.9 Å². The molecular weight excluding hydrogens is 198 g/mol. The zero-order valence-corrected chi connectivity index (χ0v) is 9.12. The van der Waals surface area contributed by atoms with Crippen molar-refractivity contribution in [3.05, 3.63) is 0 Å². The van der Waals surface area contributed by atoms with Crippen LogP contribution in [-0.4, -0.2) is 56.9 Å². The summed E-state index contributed by atoms with van der Waals surface area (Å²) >= 11 is 0. The Kier molecular flexibility index (Phi) is 6.06. The molecule has 0 radical (unpaired) electrons. The maximum Gasteiger partial charge on any atom is 0.338 e. The van der Waals surface area contributed by atoms with E-state index in [2.05, 4.69) is 15.7 Å². The molecule has 0 aromatic heterocycles. The molecule has 1 saturated heterocycles. The third kappa shape index (κ3) is 5.56. The summed E-state index contributed by atoms with van der Waals surface area (Å²) in [6.45, 7) is 7.20. The number of ether oxygens (including phenoxy) is 1. The lowest BCUT2D eigenvalue weighted by Gasteiger charge is -2.26. The molecule has 1 rings (SSSR count). The molecule has 6 heteroatoms. The van der Waals surface area contributed by atoms with E-state index in [0.29, 0.717) is 13.2 Å². The molecule has 88 valence electrons. The summed E-state index contributed by atoms with van der Waals surface area (Å²) in [4.78, 5) is 18.0.